The third kappa shape index (κ3) is 5.54. The number of nitro groups is 1. The molecule has 2 aromatic carbocycles. The average Bonchev–Trinajstić information content (AvgIpc) is 2.76. The average molecular weight is 477 g/mol. The van der Waals surface area contributed by atoms with Crippen LogP contribution in [-0.2, 0) is 11.2 Å². The molecule has 1 heterocycles. The van der Waals surface area contributed by atoms with E-state index < -0.39 is 22.3 Å². The number of hydrogen-bond donors (Lipinski definition) is 3. The van der Waals surface area contributed by atoms with Crippen molar-refractivity contribution < 1.29 is 23.6 Å². The number of halogens is 2. The minimum absolute atomic E-state index is 0.00614. The maximum absolute atomic E-state index is 13.9. The van der Waals surface area contributed by atoms with Crippen molar-refractivity contribution in [3.63, 3.8) is 0 Å². The molecule has 3 rings (SSSR count). The number of carbonyl (C=O) groups excluding carboxylic acids is 1. The van der Waals surface area contributed by atoms with Gasteiger partial charge in [-0.25, -0.2) is 4.98 Å². The van der Waals surface area contributed by atoms with Gasteiger partial charge in [0.1, 0.15) is 16.5 Å². The van der Waals surface area contributed by atoms with E-state index in [1.807, 2.05) is 0 Å². The van der Waals surface area contributed by atoms with Crippen molar-refractivity contribution in [1.29, 1.82) is 0 Å². The van der Waals surface area contributed by atoms with Gasteiger partial charge in [0.25, 0.3) is 0 Å². The van der Waals surface area contributed by atoms with Crippen molar-refractivity contribution in [2.75, 3.05) is 24.9 Å². The maximum atomic E-state index is 13.9. The molecule has 0 spiro atoms. The fourth-order valence-electron chi connectivity index (χ4n) is 2.88. The van der Waals surface area contributed by atoms with Crippen molar-refractivity contribution in [1.82, 2.24) is 9.97 Å². The highest BCUT2D eigenvalue weighted by atomic mass is 35.5. The zero-order chi connectivity index (χ0) is 24.1. The Morgan fingerprint density at radius 3 is 2.52 bits per heavy atom. The summed E-state index contributed by atoms with van der Waals surface area (Å²) < 4.78 is 24.3. The predicted molar refractivity (Wildman–Crippen MR) is 119 cm³/mol. The lowest BCUT2D eigenvalue weighted by Crippen LogP contribution is -2.13. The van der Waals surface area contributed by atoms with Gasteiger partial charge in [-0.2, -0.15) is 9.37 Å². The molecule has 0 aliphatic carbocycles. The molecule has 0 atom stereocenters. The molecule has 0 unspecified atom stereocenters. The number of nitro benzene ring substituents is 1. The standard InChI is InChI=1S/C20H18ClFN6O5/c1-32-16-4-3-10(6-18(23)29)5-13(16)25-19-11(21)9-24-20(27-19)26-14-8-15(28(30)31)12(22)7-17(14)33-2/h3-5,7-9H,6H2,1-2H3,(H2,23,29)(H2,24,25,26,27). The smallest absolute Gasteiger partial charge is 0.307 e. The number of hydrogen-bond acceptors (Lipinski definition) is 9. The second-order valence-electron chi connectivity index (χ2n) is 6.58. The van der Waals surface area contributed by atoms with Crippen LogP contribution in [0.15, 0.2) is 36.5 Å². The number of nitrogens with two attached hydrogens (primary N) is 1. The van der Waals surface area contributed by atoms with Crippen LogP contribution in [0, 0.1) is 15.9 Å². The summed E-state index contributed by atoms with van der Waals surface area (Å²) in [7, 11) is 2.75. The molecule has 0 bridgehead atoms. The number of ether oxygens (including phenoxy) is 2. The van der Waals surface area contributed by atoms with Crippen molar-refractivity contribution in [2.45, 2.75) is 6.42 Å². The van der Waals surface area contributed by atoms with Gasteiger partial charge in [-0.1, -0.05) is 17.7 Å². The van der Waals surface area contributed by atoms with Gasteiger partial charge >= 0.3 is 5.69 Å². The number of primary amides is 1. The van der Waals surface area contributed by atoms with Gasteiger partial charge in [0, 0.05) is 12.1 Å². The van der Waals surface area contributed by atoms with Gasteiger partial charge in [0.2, 0.25) is 17.7 Å². The largest absolute Gasteiger partial charge is 0.495 e. The number of methoxy groups -OCH3 is 2. The minimum atomic E-state index is -1.05. The summed E-state index contributed by atoms with van der Waals surface area (Å²) in [4.78, 5) is 29.8. The van der Waals surface area contributed by atoms with E-state index in [0.717, 1.165) is 12.1 Å². The first-order valence-corrected chi connectivity index (χ1v) is 9.63. The molecule has 4 N–H and O–H groups in total. The first-order valence-electron chi connectivity index (χ1n) is 9.25. The fourth-order valence-corrected chi connectivity index (χ4v) is 3.02. The van der Waals surface area contributed by atoms with Crippen LogP contribution in [0.5, 0.6) is 11.5 Å². The van der Waals surface area contributed by atoms with Crippen molar-refractivity contribution in [2.24, 2.45) is 5.73 Å². The predicted octanol–water partition coefficient (Wildman–Crippen LogP) is 3.71. The Labute approximate surface area is 191 Å². The highest BCUT2D eigenvalue weighted by Crippen LogP contribution is 2.35. The van der Waals surface area contributed by atoms with Crippen LogP contribution in [0.25, 0.3) is 0 Å². The molecule has 0 saturated carbocycles. The summed E-state index contributed by atoms with van der Waals surface area (Å²) in [6.07, 6.45) is 1.31. The van der Waals surface area contributed by atoms with Crippen LogP contribution in [0.2, 0.25) is 5.02 Å². The summed E-state index contributed by atoms with van der Waals surface area (Å²) in [5.41, 5.74) is 5.67. The monoisotopic (exact) mass is 476 g/mol. The Morgan fingerprint density at radius 2 is 1.88 bits per heavy atom. The van der Waals surface area contributed by atoms with Crippen molar-refractivity contribution >= 4 is 46.3 Å². The van der Waals surface area contributed by atoms with Crippen LogP contribution in [0.4, 0.5) is 33.2 Å². The summed E-state index contributed by atoms with van der Waals surface area (Å²) in [5.74, 6) is -0.937. The second kappa shape index (κ2) is 9.96. The Kier molecular flexibility index (Phi) is 7.08. The summed E-state index contributed by atoms with van der Waals surface area (Å²) in [5, 5.41) is 17.0. The van der Waals surface area contributed by atoms with Crippen LogP contribution < -0.4 is 25.8 Å². The quantitative estimate of drug-likeness (QED) is 0.309. The highest BCUT2D eigenvalue weighted by molar-refractivity contribution is 6.33. The molecule has 33 heavy (non-hydrogen) atoms. The Balaban J connectivity index is 1.95. The van der Waals surface area contributed by atoms with E-state index in [0.29, 0.717) is 17.0 Å². The number of nitrogens with one attached hydrogen (secondary N) is 2. The SMILES string of the molecule is COc1cc(F)c([N+](=O)[O-])cc1Nc1ncc(Cl)c(Nc2cc(CC(N)=O)ccc2OC)n1. The third-order valence-corrected chi connectivity index (χ3v) is 4.63. The van der Waals surface area contributed by atoms with Gasteiger partial charge in [-0.3, -0.25) is 14.9 Å². The number of rotatable bonds is 9. The fraction of sp³-hybridized carbons (Fsp3) is 0.150. The third-order valence-electron chi connectivity index (χ3n) is 4.35. The normalized spacial score (nSPS) is 10.4. The number of aromatic nitrogens is 2. The second-order valence-corrected chi connectivity index (χ2v) is 6.99. The number of benzene rings is 2. The summed E-state index contributed by atoms with van der Waals surface area (Å²) in [6.45, 7) is 0. The number of anilines is 4. The minimum Gasteiger partial charge on any atom is -0.495 e. The molecule has 1 aromatic heterocycles. The lowest BCUT2D eigenvalue weighted by atomic mass is 10.1. The topological polar surface area (TPSA) is 155 Å². The molecule has 0 fully saturated rings. The first-order chi connectivity index (χ1) is 15.7. The number of nitrogens with zero attached hydrogens (tertiary/aromatic N) is 3. The van der Waals surface area contributed by atoms with E-state index in [-0.39, 0.29) is 34.6 Å². The Morgan fingerprint density at radius 1 is 1.18 bits per heavy atom. The lowest BCUT2D eigenvalue weighted by molar-refractivity contribution is -0.387. The maximum Gasteiger partial charge on any atom is 0.307 e. The van der Waals surface area contributed by atoms with Crippen molar-refractivity contribution in [3.8, 4) is 11.5 Å². The van der Waals surface area contributed by atoms with Crippen LogP contribution in [-0.4, -0.2) is 35.0 Å². The molecule has 0 radical (unpaired) electrons. The van der Waals surface area contributed by atoms with Gasteiger partial charge in [-0.15, -0.1) is 0 Å². The molecule has 172 valence electrons. The van der Waals surface area contributed by atoms with Crippen molar-refractivity contribution in [3.05, 3.63) is 63.0 Å². The molecule has 13 heteroatoms. The first kappa shape index (κ1) is 23.5. The van der Waals surface area contributed by atoms with Crippen LogP contribution >= 0.6 is 11.6 Å². The summed E-state index contributed by atoms with van der Waals surface area (Å²) in [6, 6.07) is 6.84. The van der Waals surface area contributed by atoms with Gasteiger partial charge in [0.15, 0.2) is 5.82 Å². The zero-order valence-corrected chi connectivity index (χ0v) is 18.1. The van der Waals surface area contributed by atoms with Crippen LogP contribution in [0.3, 0.4) is 0 Å². The van der Waals surface area contributed by atoms with Gasteiger partial charge in [0.05, 0.1) is 43.1 Å². The van der Waals surface area contributed by atoms with E-state index in [4.69, 9.17) is 26.8 Å². The van der Waals surface area contributed by atoms with E-state index >= 15 is 0 Å². The highest BCUT2D eigenvalue weighted by Gasteiger charge is 2.20. The molecule has 0 aliphatic rings. The van der Waals surface area contributed by atoms with E-state index in [2.05, 4.69) is 20.6 Å². The molecular weight excluding hydrogens is 459 g/mol. The van der Waals surface area contributed by atoms with Gasteiger partial charge in [-0.05, 0) is 17.7 Å². The lowest BCUT2D eigenvalue weighted by Gasteiger charge is -2.14. The van der Waals surface area contributed by atoms with Gasteiger partial charge < -0.3 is 25.8 Å². The Hall–Kier alpha value is -4.19. The number of amides is 1. The molecule has 0 aliphatic heterocycles. The van der Waals surface area contributed by atoms with E-state index in [1.165, 1.54) is 20.4 Å². The number of carbonyl (C=O) groups is 1. The molecule has 11 nitrogen and oxygen atoms in total. The Bertz CT molecular complexity index is 1230. The molecule has 1 amide bonds. The molecule has 0 saturated heterocycles. The van der Waals surface area contributed by atoms with E-state index in [9.17, 15) is 19.3 Å². The van der Waals surface area contributed by atoms with Crippen LogP contribution in [0.1, 0.15) is 5.56 Å². The zero-order valence-electron chi connectivity index (χ0n) is 17.4. The summed E-state index contributed by atoms with van der Waals surface area (Å²) >= 11 is 6.22. The molecular formula is C20H18ClFN6O5. The van der Waals surface area contributed by atoms with E-state index in [1.54, 1.807) is 18.2 Å². The molecule has 3 aromatic rings.